The Morgan fingerprint density at radius 3 is 2.80 bits per heavy atom. The average Bonchev–Trinajstić information content (AvgIpc) is 3.26. The first-order chi connectivity index (χ1) is 14.4. The molecule has 3 heterocycles. The zero-order valence-corrected chi connectivity index (χ0v) is 16.9. The summed E-state index contributed by atoms with van der Waals surface area (Å²) in [6.45, 7) is 3.47. The number of nitrogens with zero attached hydrogens (tertiary/aromatic N) is 4. The summed E-state index contributed by atoms with van der Waals surface area (Å²) < 4.78 is 8.18. The molecule has 4 aromatic rings. The minimum Gasteiger partial charge on any atom is -0.454 e. The van der Waals surface area contributed by atoms with E-state index >= 15 is 0 Å². The second-order valence-corrected chi connectivity index (χ2v) is 7.17. The maximum Gasteiger partial charge on any atom is 0.308 e. The van der Waals surface area contributed by atoms with Crippen molar-refractivity contribution >= 4 is 33.7 Å². The molecule has 1 aromatic carbocycles. The first-order valence-corrected chi connectivity index (χ1v) is 9.55. The number of aryl methyl sites for hydroxylation is 3. The van der Waals surface area contributed by atoms with E-state index in [0.717, 1.165) is 16.6 Å². The van der Waals surface area contributed by atoms with Crippen LogP contribution in [-0.4, -0.2) is 42.2 Å². The van der Waals surface area contributed by atoms with Crippen molar-refractivity contribution in [3.8, 4) is 0 Å². The Bertz CT molecular complexity index is 1330. The predicted molar refractivity (Wildman–Crippen MR) is 110 cm³/mol. The molecule has 0 aliphatic carbocycles. The summed E-state index contributed by atoms with van der Waals surface area (Å²) in [5.41, 5.74) is 2.31. The number of H-pyrrole nitrogens is 1. The van der Waals surface area contributed by atoms with Gasteiger partial charge in [0.1, 0.15) is 5.39 Å². The number of hydrogen-bond acceptors (Lipinski definition) is 6. The van der Waals surface area contributed by atoms with Gasteiger partial charge in [-0.2, -0.15) is 5.10 Å². The van der Waals surface area contributed by atoms with Crippen LogP contribution in [0.3, 0.4) is 0 Å². The number of aromatic nitrogens is 5. The smallest absolute Gasteiger partial charge is 0.308 e. The summed E-state index contributed by atoms with van der Waals surface area (Å²) in [6, 6.07) is 7.48. The van der Waals surface area contributed by atoms with Gasteiger partial charge < -0.3 is 9.72 Å². The number of carbonyl (C=O) groups excluding carboxylic acids is 2. The number of Topliss-reactive ketones (excluding diaryl/α,β-unsaturated/α-hetero) is 1. The largest absolute Gasteiger partial charge is 0.454 e. The number of ketones is 1. The van der Waals surface area contributed by atoms with Gasteiger partial charge in [0.25, 0.3) is 5.56 Å². The predicted octanol–water partition coefficient (Wildman–Crippen LogP) is 2.12. The summed E-state index contributed by atoms with van der Waals surface area (Å²) in [4.78, 5) is 45.0. The second-order valence-electron chi connectivity index (χ2n) is 7.17. The van der Waals surface area contributed by atoms with E-state index in [1.54, 1.807) is 14.0 Å². The number of nitrogens with one attached hydrogen (secondary N) is 1. The number of benzene rings is 1. The molecule has 4 rings (SSSR count). The second kappa shape index (κ2) is 7.58. The minimum atomic E-state index is -0.939. The lowest BCUT2D eigenvalue weighted by molar-refractivity contribution is -0.146. The van der Waals surface area contributed by atoms with E-state index in [0.29, 0.717) is 16.6 Å². The average molecular weight is 407 g/mol. The Labute approximate surface area is 171 Å². The molecule has 154 valence electrons. The SMILES string of the molecule is Cc1[nH]c2ccccc2c1C(=O)C(C)OC(=O)CCn1cnc2c(cnn2C)c1=O. The normalized spacial score (nSPS) is 12.4. The molecule has 9 nitrogen and oxygen atoms in total. The third kappa shape index (κ3) is 3.38. The molecule has 0 amide bonds. The molecule has 1 atom stereocenters. The topological polar surface area (TPSA) is 112 Å². The lowest BCUT2D eigenvalue weighted by Crippen LogP contribution is -2.27. The lowest BCUT2D eigenvalue weighted by atomic mass is 10.0. The summed E-state index contributed by atoms with van der Waals surface area (Å²) in [6.07, 6.45) is 1.83. The first kappa shape index (κ1) is 19.6. The monoisotopic (exact) mass is 407 g/mol. The number of fused-ring (bicyclic) bond motifs is 2. The zero-order chi connectivity index (χ0) is 21.4. The van der Waals surface area contributed by atoms with Gasteiger partial charge in [-0.3, -0.25) is 23.6 Å². The molecule has 0 radical (unpaired) electrons. The van der Waals surface area contributed by atoms with E-state index in [1.165, 1.54) is 21.8 Å². The Morgan fingerprint density at radius 1 is 1.23 bits per heavy atom. The molecule has 0 saturated heterocycles. The Balaban J connectivity index is 1.44. The summed E-state index contributed by atoms with van der Waals surface area (Å²) >= 11 is 0. The number of aromatic amines is 1. The fraction of sp³-hybridized carbons (Fsp3) is 0.286. The Morgan fingerprint density at radius 2 is 2.00 bits per heavy atom. The highest BCUT2D eigenvalue weighted by Gasteiger charge is 2.24. The Hall–Kier alpha value is -3.75. The van der Waals surface area contributed by atoms with Crippen LogP contribution in [0.2, 0.25) is 0 Å². The fourth-order valence-corrected chi connectivity index (χ4v) is 3.54. The summed E-state index contributed by atoms with van der Waals surface area (Å²) in [5, 5.41) is 5.19. The van der Waals surface area contributed by atoms with Crippen LogP contribution >= 0.6 is 0 Å². The zero-order valence-electron chi connectivity index (χ0n) is 16.9. The van der Waals surface area contributed by atoms with Gasteiger partial charge in [0.2, 0.25) is 5.78 Å². The van der Waals surface area contributed by atoms with E-state index in [2.05, 4.69) is 15.1 Å². The van der Waals surface area contributed by atoms with E-state index in [9.17, 15) is 14.4 Å². The van der Waals surface area contributed by atoms with Crippen molar-refractivity contribution < 1.29 is 14.3 Å². The van der Waals surface area contributed by atoms with Crippen LogP contribution in [0.1, 0.15) is 29.4 Å². The first-order valence-electron chi connectivity index (χ1n) is 9.55. The molecule has 1 N–H and O–H groups in total. The van der Waals surface area contributed by atoms with E-state index in [4.69, 9.17) is 4.74 Å². The van der Waals surface area contributed by atoms with Crippen molar-refractivity contribution in [1.82, 2.24) is 24.3 Å². The number of esters is 1. The van der Waals surface area contributed by atoms with Crippen molar-refractivity contribution in [3.05, 3.63) is 58.4 Å². The molecule has 1 unspecified atom stereocenters. The molecule has 3 aromatic heterocycles. The quantitative estimate of drug-likeness (QED) is 0.387. The molecule has 0 fully saturated rings. The third-order valence-electron chi connectivity index (χ3n) is 5.09. The van der Waals surface area contributed by atoms with Gasteiger partial charge >= 0.3 is 5.97 Å². The van der Waals surface area contributed by atoms with Crippen molar-refractivity contribution in [2.45, 2.75) is 32.9 Å². The molecular formula is C21H21N5O4. The maximum absolute atomic E-state index is 12.9. The van der Waals surface area contributed by atoms with Gasteiger partial charge in [-0.1, -0.05) is 18.2 Å². The van der Waals surface area contributed by atoms with Gasteiger partial charge in [0.15, 0.2) is 11.8 Å². The van der Waals surface area contributed by atoms with Crippen LogP contribution in [0, 0.1) is 6.92 Å². The molecule has 30 heavy (non-hydrogen) atoms. The van der Waals surface area contributed by atoms with Crippen molar-refractivity contribution in [2.75, 3.05) is 0 Å². The number of carbonyl (C=O) groups is 2. The van der Waals surface area contributed by atoms with E-state index in [-0.39, 0.29) is 24.3 Å². The molecule has 0 spiro atoms. The van der Waals surface area contributed by atoms with Crippen LogP contribution in [0.5, 0.6) is 0 Å². The third-order valence-corrected chi connectivity index (χ3v) is 5.09. The standard InChI is InChI=1S/C21H21N5O4/c1-12-18(14-6-4-5-7-16(14)24-12)19(28)13(2)30-17(27)8-9-26-11-22-20-15(21(26)29)10-23-25(20)3/h4-7,10-11,13,24H,8-9H2,1-3H3. The van der Waals surface area contributed by atoms with Gasteiger partial charge in [-0.25, -0.2) is 4.98 Å². The highest BCUT2D eigenvalue weighted by Crippen LogP contribution is 2.24. The van der Waals surface area contributed by atoms with Crippen molar-refractivity contribution in [3.63, 3.8) is 0 Å². The highest BCUT2D eigenvalue weighted by molar-refractivity contribution is 6.11. The molecule has 0 aliphatic heterocycles. The van der Waals surface area contributed by atoms with Crippen LogP contribution in [0.4, 0.5) is 0 Å². The lowest BCUT2D eigenvalue weighted by Gasteiger charge is -2.13. The fourth-order valence-electron chi connectivity index (χ4n) is 3.54. The number of ether oxygens (including phenoxy) is 1. The van der Waals surface area contributed by atoms with Crippen molar-refractivity contribution in [1.29, 1.82) is 0 Å². The molecular weight excluding hydrogens is 386 g/mol. The van der Waals surface area contributed by atoms with E-state index < -0.39 is 12.1 Å². The van der Waals surface area contributed by atoms with Gasteiger partial charge in [-0.05, 0) is 19.9 Å². The number of para-hydroxylation sites is 1. The van der Waals surface area contributed by atoms with Gasteiger partial charge in [0.05, 0.1) is 18.9 Å². The summed E-state index contributed by atoms with van der Waals surface area (Å²) in [5.74, 6) is -0.833. The minimum absolute atomic E-state index is 0.0577. The van der Waals surface area contributed by atoms with Gasteiger partial charge in [-0.15, -0.1) is 0 Å². The molecule has 0 bridgehead atoms. The summed E-state index contributed by atoms with van der Waals surface area (Å²) in [7, 11) is 1.70. The highest BCUT2D eigenvalue weighted by atomic mass is 16.5. The molecule has 0 aliphatic rings. The van der Waals surface area contributed by atoms with Crippen LogP contribution in [0.15, 0.2) is 41.6 Å². The van der Waals surface area contributed by atoms with Crippen LogP contribution in [0.25, 0.3) is 21.9 Å². The maximum atomic E-state index is 12.9. The Kier molecular flexibility index (Phi) is 4.94. The van der Waals surface area contributed by atoms with Crippen molar-refractivity contribution in [2.24, 2.45) is 7.05 Å². The van der Waals surface area contributed by atoms with E-state index in [1.807, 2.05) is 31.2 Å². The van der Waals surface area contributed by atoms with Crippen LogP contribution < -0.4 is 5.56 Å². The number of hydrogen-bond donors (Lipinski definition) is 1. The molecule has 0 saturated carbocycles. The molecule has 9 heteroatoms. The number of rotatable bonds is 6. The van der Waals surface area contributed by atoms with Gasteiger partial charge in [0, 0.05) is 35.8 Å². The van der Waals surface area contributed by atoms with Crippen LogP contribution in [-0.2, 0) is 23.1 Å².